The van der Waals surface area contributed by atoms with Gasteiger partial charge in [-0.2, -0.15) is 10.4 Å². The number of aromatic nitrogens is 2. The van der Waals surface area contributed by atoms with Crippen molar-refractivity contribution in [3.63, 3.8) is 0 Å². The highest BCUT2D eigenvalue weighted by atomic mass is 16.1. The van der Waals surface area contributed by atoms with Crippen molar-refractivity contribution in [1.82, 2.24) is 9.78 Å². The van der Waals surface area contributed by atoms with Crippen molar-refractivity contribution >= 4 is 11.6 Å². The van der Waals surface area contributed by atoms with E-state index in [2.05, 4.69) is 23.4 Å². The summed E-state index contributed by atoms with van der Waals surface area (Å²) in [6.07, 6.45) is 1.51. The number of carbonyl (C=O) groups excluding carboxylic acids is 1. The minimum Gasteiger partial charge on any atom is -0.326 e. The number of benzene rings is 1. The minimum absolute atomic E-state index is 0.00169. The van der Waals surface area contributed by atoms with Gasteiger partial charge in [-0.1, -0.05) is 6.07 Å². The van der Waals surface area contributed by atoms with Crippen molar-refractivity contribution in [2.24, 2.45) is 0 Å². The lowest BCUT2D eigenvalue weighted by Crippen LogP contribution is -2.13. The maximum atomic E-state index is 12.2. The van der Waals surface area contributed by atoms with Gasteiger partial charge in [-0.3, -0.25) is 9.48 Å². The minimum atomic E-state index is 0.00169. The zero-order chi connectivity index (χ0) is 17.7. The molecule has 1 aromatic carbocycles. The van der Waals surface area contributed by atoms with E-state index in [-0.39, 0.29) is 5.91 Å². The van der Waals surface area contributed by atoms with E-state index in [4.69, 9.17) is 5.26 Å². The summed E-state index contributed by atoms with van der Waals surface area (Å²) in [7, 11) is 0. The lowest BCUT2D eigenvalue weighted by molar-refractivity contribution is -0.116. The van der Waals surface area contributed by atoms with E-state index in [1.54, 1.807) is 0 Å². The molecule has 2 aromatic rings. The van der Waals surface area contributed by atoms with E-state index >= 15 is 0 Å². The Kier molecular flexibility index (Phi) is 5.75. The summed E-state index contributed by atoms with van der Waals surface area (Å²) in [5, 5.41) is 16.1. The molecule has 0 spiro atoms. The topological polar surface area (TPSA) is 70.7 Å². The van der Waals surface area contributed by atoms with Gasteiger partial charge in [0.25, 0.3) is 0 Å². The average molecular weight is 324 g/mol. The first-order valence-electron chi connectivity index (χ1n) is 8.19. The van der Waals surface area contributed by atoms with E-state index < -0.39 is 0 Å². The van der Waals surface area contributed by atoms with E-state index in [0.29, 0.717) is 25.8 Å². The summed E-state index contributed by atoms with van der Waals surface area (Å²) in [5.41, 5.74) is 6.29. The first-order chi connectivity index (χ1) is 11.4. The summed E-state index contributed by atoms with van der Waals surface area (Å²) in [6.45, 7) is 8.63. The number of rotatable bonds is 6. The molecule has 0 aliphatic heterocycles. The number of amides is 1. The van der Waals surface area contributed by atoms with Crippen LogP contribution in [-0.4, -0.2) is 15.7 Å². The Balaban J connectivity index is 1.97. The number of nitrogens with one attached hydrogen (secondary N) is 1. The fourth-order valence-corrected chi connectivity index (χ4v) is 2.75. The van der Waals surface area contributed by atoms with Gasteiger partial charge >= 0.3 is 0 Å². The average Bonchev–Trinajstić information content (AvgIpc) is 2.81. The second kappa shape index (κ2) is 7.78. The molecule has 0 fully saturated rings. The highest BCUT2D eigenvalue weighted by Crippen LogP contribution is 2.17. The molecule has 0 saturated heterocycles. The van der Waals surface area contributed by atoms with Gasteiger partial charge in [-0.15, -0.1) is 0 Å². The van der Waals surface area contributed by atoms with Crippen molar-refractivity contribution in [2.75, 3.05) is 5.32 Å². The number of anilines is 1. The number of nitriles is 1. The third kappa shape index (κ3) is 4.23. The number of nitrogens with zero attached hydrogens (tertiary/aromatic N) is 3. The van der Waals surface area contributed by atoms with E-state index in [1.165, 1.54) is 11.1 Å². The van der Waals surface area contributed by atoms with Gasteiger partial charge in [0.2, 0.25) is 5.91 Å². The van der Waals surface area contributed by atoms with Crippen LogP contribution in [0, 0.1) is 39.0 Å². The van der Waals surface area contributed by atoms with Gasteiger partial charge in [0.1, 0.15) is 0 Å². The number of carbonyl (C=O) groups is 1. The summed E-state index contributed by atoms with van der Waals surface area (Å²) in [6, 6.07) is 8.06. The smallest absolute Gasteiger partial charge is 0.224 e. The molecule has 0 bridgehead atoms. The lowest BCUT2D eigenvalue weighted by Gasteiger charge is -2.08. The van der Waals surface area contributed by atoms with Crippen molar-refractivity contribution in [3.8, 4) is 6.07 Å². The van der Waals surface area contributed by atoms with Gasteiger partial charge in [0.15, 0.2) is 0 Å². The summed E-state index contributed by atoms with van der Waals surface area (Å²) >= 11 is 0. The van der Waals surface area contributed by atoms with Gasteiger partial charge < -0.3 is 5.32 Å². The van der Waals surface area contributed by atoms with Crippen LogP contribution in [0.2, 0.25) is 0 Å². The van der Waals surface area contributed by atoms with Gasteiger partial charge in [-0.05, 0) is 62.9 Å². The largest absolute Gasteiger partial charge is 0.326 e. The van der Waals surface area contributed by atoms with E-state index in [1.807, 2.05) is 43.7 Å². The molecule has 1 heterocycles. The molecule has 0 aliphatic carbocycles. The zero-order valence-electron chi connectivity index (χ0n) is 14.8. The van der Waals surface area contributed by atoms with Crippen LogP contribution in [0.25, 0.3) is 0 Å². The molecule has 24 heavy (non-hydrogen) atoms. The van der Waals surface area contributed by atoms with Crippen LogP contribution in [0.5, 0.6) is 0 Å². The third-order valence-corrected chi connectivity index (χ3v) is 4.36. The highest BCUT2D eigenvalue weighted by Gasteiger charge is 2.13. The van der Waals surface area contributed by atoms with Crippen LogP contribution in [0.15, 0.2) is 18.2 Å². The molecule has 5 nitrogen and oxygen atoms in total. The van der Waals surface area contributed by atoms with Crippen LogP contribution in [0.4, 0.5) is 5.69 Å². The molecular weight excluding hydrogens is 300 g/mol. The summed E-state index contributed by atoms with van der Waals surface area (Å²) in [4.78, 5) is 12.2. The van der Waals surface area contributed by atoms with E-state index in [0.717, 1.165) is 22.6 Å². The number of hydrogen-bond donors (Lipinski definition) is 1. The molecule has 0 aliphatic rings. The standard InChI is InChI=1S/C19H24N4O/c1-13-6-7-17(12-14(13)2)21-19(24)9-8-18-15(3)22-23(16(18)4)11-5-10-20/h6-7,12H,5,8-9,11H2,1-4H3,(H,21,24). The molecular formula is C19H24N4O. The molecule has 1 N–H and O–H groups in total. The van der Waals surface area contributed by atoms with Crippen molar-refractivity contribution in [2.45, 2.75) is 53.5 Å². The summed E-state index contributed by atoms with van der Waals surface area (Å²) < 4.78 is 1.86. The molecule has 0 saturated carbocycles. The van der Waals surface area contributed by atoms with Crippen LogP contribution in [0.3, 0.4) is 0 Å². The van der Waals surface area contributed by atoms with Crippen LogP contribution in [0.1, 0.15) is 40.9 Å². The Morgan fingerprint density at radius 1 is 1.25 bits per heavy atom. The molecule has 5 heteroatoms. The predicted molar refractivity (Wildman–Crippen MR) is 94.8 cm³/mol. The quantitative estimate of drug-likeness (QED) is 0.882. The maximum Gasteiger partial charge on any atom is 0.224 e. The molecule has 1 aromatic heterocycles. The SMILES string of the molecule is Cc1ccc(NC(=O)CCc2c(C)nn(CCC#N)c2C)cc1C. The second-order valence-corrected chi connectivity index (χ2v) is 6.13. The molecule has 0 radical (unpaired) electrons. The Morgan fingerprint density at radius 3 is 2.67 bits per heavy atom. The Morgan fingerprint density at radius 2 is 2.00 bits per heavy atom. The van der Waals surface area contributed by atoms with Crippen LogP contribution >= 0.6 is 0 Å². The predicted octanol–water partition coefficient (Wildman–Crippen LogP) is 3.60. The van der Waals surface area contributed by atoms with E-state index in [9.17, 15) is 4.79 Å². The van der Waals surface area contributed by atoms with Crippen LogP contribution in [-0.2, 0) is 17.8 Å². The molecule has 2 rings (SSSR count). The molecule has 1 amide bonds. The monoisotopic (exact) mass is 324 g/mol. The van der Waals surface area contributed by atoms with Crippen molar-refractivity contribution in [3.05, 3.63) is 46.3 Å². The number of hydrogen-bond acceptors (Lipinski definition) is 3. The number of aryl methyl sites for hydroxylation is 4. The maximum absolute atomic E-state index is 12.2. The van der Waals surface area contributed by atoms with Crippen molar-refractivity contribution < 1.29 is 4.79 Å². The fourth-order valence-electron chi connectivity index (χ4n) is 2.75. The van der Waals surface area contributed by atoms with Gasteiger partial charge in [0, 0.05) is 17.8 Å². The Hall–Kier alpha value is -2.61. The first-order valence-corrected chi connectivity index (χ1v) is 8.19. The normalized spacial score (nSPS) is 10.5. The second-order valence-electron chi connectivity index (χ2n) is 6.13. The Bertz CT molecular complexity index is 783. The third-order valence-electron chi connectivity index (χ3n) is 4.36. The molecule has 0 atom stereocenters. The molecule has 0 unspecified atom stereocenters. The van der Waals surface area contributed by atoms with Crippen molar-refractivity contribution in [1.29, 1.82) is 5.26 Å². The summed E-state index contributed by atoms with van der Waals surface area (Å²) in [5.74, 6) is 0.00169. The lowest BCUT2D eigenvalue weighted by atomic mass is 10.1. The van der Waals surface area contributed by atoms with Gasteiger partial charge in [-0.25, -0.2) is 0 Å². The zero-order valence-corrected chi connectivity index (χ0v) is 14.8. The van der Waals surface area contributed by atoms with Crippen LogP contribution < -0.4 is 5.32 Å². The fraction of sp³-hybridized carbons (Fsp3) is 0.421. The van der Waals surface area contributed by atoms with Gasteiger partial charge in [0.05, 0.1) is 24.7 Å². The first kappa shape index (κ1) is 17.7. The highest BCUT2D eigenvalue weighted by molar-refractivity contribution is 5.91. The Labute approximate surface area is 143 Å². The molecule has 126 valence electrons.